The van der Waals surface area contributed by atoms with E-state index in [1.807, 2.05) is 6.08 Å². The minimum Gasteiger partial charge on any atom is -0.298 e. The lowest BCUT2D eigenvalue weighted by Gasteiger charge is -2.15. The second-order valence-electron chi connectivity index (χ2n) is 6.02. The summed E-state index contributed by atoms with van der Waals surface area (Å²) in [5, 5.41) is 2.66. The predicted molar refractivity (Wildman–Crippen MR) is 101 cm³/mol. The van der Waals surface area contributed by atoms with Gasteiger partial charge in [0.1, 0.15) is 0 Å². The van der Waals surface area contributed by atoms with Crippen molar-refractivity contribution >= 4 is 10.8 Å². The van der Waals surface area contributed by atoms with E-state index in [2.05, 4.69) is 79.3 Å². The smallest absolute Gasteiger partial charge is 0.0240 e. The number of hydrogen-bond donors (Lipinski definition) is 0. The molecule has 0 amide bonds. The van der Waals surface area contributed by atoms with E-state index < -0.39 is 0 Å². The van der Waals surface area contributed by atoms with Gasteiger partial charge in [-0.05, 0) is 35.9 Å². The number of unbranched alkanes of at least 4 members (excludes halogenated alkanes) is 3. The van der Waals surface area contributed by atoms with Crippen LogP contribution in [0.4, 0.5) is 0 Å². The van der Waals surface area contributed by atoms with E-state index in [0.29, 0.717) is 0 Å². The van der Waals surface area contributed by atoms with Crippen LogP contribution in [0.15, 0.2) is 54.6 Å². The van der Waals surface area contributed by atoms with Gasteiger partial charge in [0.2, 0.25) is 0 Å². The Morgan fingerprint density at radius 3 is 2.74 bits per heavy atom. The van der Waals surface area contributed by atoms with Gasteiger partial charge in [0, 0.05) is 19.5 Å². The summed E-state index contributed by atoms with van der Waals surface area (Å²) in [5.41, 5.74) is 1.38. The number of nitrogens with zero attached hydrogens (tertiary/aromatic N) is 1. The van der Waals surface area contributed by atoms with Crippen molar-refractivity contribution in [3.05, 3.63) is 60.2 Å². The Morgan fingerprint density at radius 2 is 1.87 bits per heavy atom. The number of fused-ring (bicyclic) bond motifs is 1. The molecule has 0 atom stereocenters. The van der Waals surface area contributed by atoms with Crippen molar-refractivity contribution in [1.29, 1.82) is 0 Å². The van der Waals surface area contributed by atoms with Gasteiger partial charge in [0.15, 0.2) is 0 Å². The topological polar surface area (TPSA) is 3.24 Å². The highest BCUT2D eigenvalue weighted by atomic mass is 15.1. The molecule has 0 radical (unpaired) electrons. The largest absolute Gasteiger partial charge is 0.298 e. The summed E-state index contributed by atoms with van der Waals surface area (Å²) in [6.45, 7) is 4.10. The molecule has 2 aromatic carbocycles. The summed E-state index contributed by atoms with van der Waals surface area (Å²) in [6, 6.07) is 15.1. The maximum atomic E-state index is 3.21. The van der Waals surface area contributed by atoms with Gasteiger partial charge in [0.05, 0.1) is 0 Å². The second kappa shape index (κ2) is 9.87. The second-order valence-corrected chi connectivity index (χ2v) is 6.02. The zero-order valence-corrected chi connectivity index (χ0v) is 14.4. The van der Waals surface area contributed by atoms with E-state index in [4.69, 9.17) is 0 Å². The van der Waals surface area contributed by atoms with Crippen molar-refractivity contribution in [3.8, 4) is 11.8 Å². The molecule has 0 saturated heterocycles. The fourth-order valence-electron chi connectivity index (χ4n) is 2.67. The predicted octanol–water partition coefficient (Wildman–Crippen LogP) is 5.41. The third-order valence-electron chi connectivity index (χ3n) is 3.95. The van der Waals surface area contributed by atoms with Crippen LogP contribution in [0.5, 0.6) is 0 Å². The van der Waals surface area contributed by atoms with Crippen molar-refractivity contribution in [2.45, 2.75) is 39.2 Å². The molecule has 0 aliphatic rings. The van der Waals surface area contributed by atoms with Crippen molar-refractivity contribution < 1.29 is 0 Å². The van der Waals surface area contributed by atoms with Gasteiger partial charge in [-0.2, -0.15) is 0 Å². The van der Waals surface area contributed by atoms with Gasteiger partial charge in [-0.15, -0.1) is 0 Å². The summed E-state index contributed by atoms with van der Waals surface area (Å²) in [5.74, 6) is 6.35. The molecule has 2 rings (SSSR count). The van der Waals surface area contributed by atoms with Crippen LogP contribution in [0.1, 0.15) is 38.2 Å². The molecular weight excluding hydrogens is 278 g/mol. The van der Waals surface area contributed by atoms with Gasteiger partial charge < -0.3 is 0 Å². The Bertz CT molecular complexity index is 682. The van der Waals surface area contributed by atoms with E-state index >= 15 is 0 Å². The maximum absolute atomic E-state index is 3.21. The Balaban J connectivity index is 1.83. The van der Waals surface area contributed by atoms with Crippen LogP contribution in [-0.4, -0.2) is 18.5 Å². The summed E-state index contributed by atoms with van der Waals surface area (Å²) in [7, 11) is 2.15. The molecular formula is C22H27N. The number of likely N-dealkylation sites (N-methyl/N-ethyl adjacent to an activating group) is 1. The van der Waals surface area contributed by atoms with E-state index in [1.54, 1.807) is 0 Å². The van der Waals surface area contributed by atoms with Crippen molar-refractivity contribution in [2.24, 2.45) is 0 Å². The van der Waals surface area contributed by atoms with Gasteiger partial charge in [-0.25, -0.2) is 0 Å². The first kappa shape index (κ1) is 17.3. The summed E-state index contributed by atoms with van der Waals surface area (Å²) >= 11 is 0. The van der Waals surface area contributed by atoms with Crippen molar-refractivity contribution in [1.82, 2.24) is 4.90 Å². The molecule has 120 valence electrons. The molecule has 0 aliphatic heterocycles. The normalized spacial score (nSPS) is 11.1. The van der Waals surface area contributed by atoms with Crippen LogP contribution >= 0.6 is 0 Å². The molecule has 0 fully saturated rings. The molecule has 0 spiro atoms. The summed E-state index contributed by atoms with van der Waals surface area (Å²) in [4.78, 5) is 2.32. The molecule has 1 heteroatoms. The van der Waals surface area contributed by atoms with Crippen LogP contribution in [0, 0.1) is 11.8 Å². The van der Waals surface area contributed by atoms with E-state index in [-0.39, 0.29) is 0 Å². The molecule has 2 aromatic rings. The average Bonchev–Trinajstić information content (AvgIpc) is 2.57. The highest BCUT2D eigenvalue weighted by molar-refractivity contribution is 5.85. The lowest BCUT2D eigenvalue weighted by molar-refractivity contribution is 0.365. The molecule has 0 aromatic heterocycles. The first-order valence-electron chi connectivity index (χ1n) is 8.60. The van der Waals surface area contributed by atoms with Crippen molar-refractivity contribution in [3.63, 3.8) is 0 Å². The fourth-order valence-corrected chi connectivity index (χ4v) is 2.67. The lowest BCUT2D eigenvalue weighted by Crippen LogP contribution is -2.17. The first-order valence-corrected chi connectivity index (χ1v) is 8.60. The minimum atomic E-state index is 0.923. The maximum Gasteiger partial charge on any atom is 0.0240 e. The van der Waals surface area contributed by atoms with Gasteiger partial charge >= 0.3 is 0 Å². The molecule has 1 nitrogen and oxygen atoms in total. The Hall–Kier alpha value is -2.04. The zero-order chi connectivity index (χ0) is 16.3. The first-order chi connectivity index (χ1) is 11.3. The highest BCUT2D eigenvalue weighted by Crippen LogP contribution is 2.19. The fraction of sp³-hybridized carbons (Fsp3) is 0.364. The molecule has 23 heavy (non-hydrogen) atoms. The number of rotatable bonds is 7. The van der Waals surface area contributed by atoms with Crippen LogP contribution < -0.4 is 0 Å². The Labute approximate surface area is 141 Å². The van der Waals surface area contributed by atoms with Crippen LogP contribution in [0.3, 0.4) is 0 Å². The Kier molecular flexibility index (Phi) is 7.43. The molecule has 0 aliphatic carbocycles. The number of allylic oxidation sites excluding steroid dienone is 1. The van der Waals surface area contributed by atoms with Gasteiger partial charge in [-0.1, -0.05) is 80.1 Å². The molecule has 0 unspecified atom stereocenters. The SMILES string of the molecule is CCCCCC#C/C=C/CN(C)Cc1cccc2ccccc12. The molecule has 0 heterocycles. The third-order valence-corrected chi connectivity index (χ3v) is 3.95. The van der Waals surface area contributed by atoms with E-state index in [1.165, 1.54) is 35.6 Å². The third kappa shape index (κ3) is 5.93. The van der Waals surface area contributed by atoms with E-state index in [9.17, 15) is 0 Å². The monoisotopic (exact) mass is 305 g/mol. The van der Waals surface area contributed by atoms with Crippen LogP contribution in [-0.2, 0) is 6.54 Å². The molecule has 0 N–H and O–H groups in total. The minimum absolute atomic E-state index is 0.923. The van der Waals surface area contributed by atoms with Crippen LogP contribution in [0.25, 0.3) is 10.8 Å². The quantitative estimate of drug-likeness (QED) is 0.488. The number of hydrogen-bond acceptors (Lipinski definition) is 1. The zero-order valence-electron chi connectivity index (χ0n) is 14.4. The van der Waals surface area contributed by atoms with Gasteiger partial charge in [-0.3, -0.25) is 4.90 Å². The summed E-state index contributed by atoms with van der Waals surface area (Å²) < 4.78 is 0. The highest BCUT2D eigenvalue weighted by Gasteiger charge is 2.02. The molecule has 0 bridgehead atoms. The van der Waals surface area contributed by atoms with E-state index in [0.717, 1.165) is 19.5 Å². The Morgan fingerprint density at radius 1 is 1.04 bits per heavy atom. The average molecular weight is 305 g/mol. The standard InChI is InChI=1S/C22H27N/c1-3-4-5-6-7-8-9-12-18-23(2)19-21-16-13-15-20-14-10-11-17-22(20)21/h9-17H,3-6,18-19H2,1-2H3/b12-9+. The number of benzene rings is 2. The summed E-state index contributed by atoms with van der Waals surface area (Å²) in [6.07, 6.45) is 8.93. The van der Waals surface area contributed by atoms with Gasteiger partial charge in [0.25, 0.3) is 0 Å². The van der Waals surface area contributed by atoms with Crippen LogP contribution in [0.2, 0.25) is 0 Å². The lowest BCUT2D eigenvalue weighted by atomic mass is 10.0. The van der Waals surface area contributed by atoms with Crippen molar-refractivity contribution in [2.75, 3.05) is 13.6 Å². The molecule has 0 saturated carbocycles.